The number of rotatable bonds is 3. The van der Waals surface area contributed by atoms with Crippen molar-refractivity contribution in [3.8, 4) is 35.2 Å². The first kappa shape index (κ1) is 20.4. The molecule has 0 aliphatic rings. The van der Waals surface area contributed by atoms with E-state index in [0.29, 0.717) is 10.8 Å². The number of nitriles is 3. The van der Waals surface area contributed by atoms with E-state index in [9.17, 15) is 5.26 Å². The monoisotopic (exact) mass is 411 g/mol. The molecule has 0 saturated carbocycles. The minimum absolute atomic E-state index is 0.0453. The van der Waals surface area contributed by atoms with Crippen LogP contribution in [0.3, 0.4) is 0 Å². The van der Waals surface area contributed by atoms with Crippen molar-refractivity contribution in [1.82, 2.24) is 9.78 Å². The third-order valence-corrected chi connectivity index (χ3v) is 5.16. The van der Waals surface area contributed by atoms with Crippen molar-refractivity contribution < 1.29 is 0 Å². The van der Waals surface area contributed by atoms with Gasteiger partial charge in [0.25, 0.3) is 0 Å². The summed E-state index contributed by atoms with van der Waals surface area (Å²) in [4.78, 5) is 0. The van der Waals surface area contributed by atoms with Gasteiger partial charge in [-0.3, -0.25) is 0 Å². The quantitative estimate of drug-likeness (QED) is 0.513. The van der Waals surface area contributed by atoms with E-state index >= 15 is 0 Å². The normalized spacial score (nSPS) is 9.94. The van der Waals surface area contributed by atoms with Crippen molar-refractivity contribution in [2.24, 2.45) is 0 Å². The van der Waals surface area contributed by atoms with Crippen LogP contribution in [0.4, 0.5) is 0 Å². The van der Waals surface area contributed by atoms with Crippen LogP contribution in [-0.2, 0) is 0 Å². The lowest BCUT2D eigenvalue weighted by Gasteiger charge is -2.06. The minimum atomic E-state index is 0.0453. The van der Waals surface area contributed by atoms with E-state index < -0.39 is 0 Å². The summed E-state index contributed by atoms with van der Waals surface area (Å²) < 4.78 is 1.88. The molecule has 0 atom stereocenters. The van der Waals surface area contributed by atoms with Gasteiger partial charge in [-0.15, -0.1) is 0 Å². The zero-order valence-electron chi connectivity index (χ0n) is 17.3. The second-order valence-electron chi connectivity index (χ2n) is 7.16. The van der Waals surface area contributed by atoms with Crippen molar-refractivity contribution in [3.05, 3.63) is 107 Å². The molecule has 150 valence electrons. The molecule has 0 unspecified atom stereocenters. The highest BCUT2D eigenvalue weighted by atomic mass is 15.3. The summed E-state index contributed by atoms with van der Waals surface area (Å²) in [5.41, 5.74) is 5.22. The average Bonchev–Trinajstić information content (AvgIpc) is 3.24. The van der Waals surface area contributed by atoms with Crippen LogP contribution >= 0.6 is 0 Å². The van der Waals surface area contributed by atoms with Crippen LogP contribution in [0.15, 0.2) is 84.9 Å². The fourth-order valence-corrected chi connectivity index (χ4v) is 3.51. The molecule has 5 nitrogen and oxygen atoms in total. The molecule has 1 aromatic heterocycles. The molecule has 0 aliphatic heterocycles. The van der Waals surface area contributed by atoms with Crippen LogP contribution in [-0.4, -0.2) is 9.78 Å². The smallest absolute Gasteiger partial charge is 0.136 e. The first-order valence-electron chi connectivity index (χ1n) is 9.92. The maximum Gasteiger partial charge on any atom is 0.136 e. The van der Waals surface area contributed by atoms with Gasteiger partial charge in [0, 0.05) is 16.5 Å². The van der Waals surface area contributed by atoms with E-state index in [4.69, 9.17) is 15.6 Å². The Morgan fingerprint density at radius 3 is 1.97 bits per heavy atom. The van der Waals surface area contributed by atoms with Gasteiger partial charge in [-0.25, -0.2) is 4.68 Å². The van der Waals surface area contributed by atoms with E-state index in [-0.39, 0.29) is 5.57 Å². The van der Waals surface area contributed by atoms with Gasteiger partial charge >= 0.3 is 0 Å². The second-order valence-corrected chi connectivity index (χ2v) is 7.16. The molecule has 0 saturated heterocycles. The summed E-state index contributed by atoms with van der Waals surface area (Å²) in [6.45, 7) is 2.01. The summed E-state index contributed by atoms with van der Waals surface area (Å²) in [7, 11) is 0. The Morgan fingerprint density at radius 1 is 0.750 bits per heavy atom. The van der Waals surface area contributed by atoms with Crippen LogP contribution in [0.2, 0.25) is 0 Å². The van der Waals surface area contributed by atoms with Crippen molar-refractivity contribution in [2.75, 3.05) is 0 Å². The van der Waals surface area contributed by atoms with Crippen LogP contribution < -0.4 is 10.4 Å². The predicted octanol–water partition coefficient (Wildman–Crippen LogP) is 3.77. The molecule has 3 aromatic carbocycles. The van der Waals surface area contributed by atoms with Crippen LogP contribution in [0.25, 0.3) is 28.1 Å². The molecular formula is C27H17N5. The third-order valence-electron chi connectivity index (χ3n) is 5.16. The van der Waals surface area contributed by atoms with E-state index in [1.54, 1.807) is 24.3 Å². The molecule has 0 fully saturated rings. The number of aryl methyl sites for hydroxylation is 1. The summed E-state index contributed by atoms with van der Waals surface area (Å²) in [5, 5.41) is 33.8. The molecular weight excluding hydrogens is 394 g/mol. The molecule has 0 N–H and O–H groups in total. The minimum Gasteiger partial charge on any atom is -0.237 e. The molecule has 1 heterocycles. The molecule has 0 amide bonds. The SMILES string of the molecule is Cc1cc(-c2ccccc2)nn1-c1ccc(C(C#N)=c2ccc(=C(C#N)C#N)cc2)cc1. The molecule has 4 rings (SSSR count). The molecule has 0 aliphatic carbocycles. The van der Waals surface area contributed by atoms with Gasteiger partial charge in [0.1, 0.15) is 23.8 Å². The Labute approximate surface area is 185 Å². The predicted molar refractivity (Wildman–Crippen MR) is 122 cm³/mol. The summed E-state index contributed by atoms with van der Waals surface area (Å²) in [6, 6.07) is 32.6. The molecule has 0 bridgehead atoms. The van der Waals surface area contributed by atoms with Gasteiger partial charge in [-0.05, 0) is 35.9 Å². The number of hydrogen-bond acceptors (Lipinski definition) is 4. The fourth-order valence-electron chi connectivity index (χ4n) is 3.51. The van der Waals surface area contributed by atoms with Gasteiger partial charge in [-0.1, -0.05) is 66.7 Å². The molecule has 5 heteroatoms. The molecule has 32 heavy (non-hydrogen) atoms. The zero-order valence-corrected chi connectivity index (χ0v) is 17.3. The highest BCUT2D eigenvalue weighted by Crippen LogP contribution is 2.22. The lowest BCUT2D eigenvalue weighted by molar-refractivity contribution is 0.850. The van der Waals surface area contributed by atoms with Crippen LogP contribution in [0, 0.1) is 40.9 Å². The average molecular weight is 411 g/mol. The number of aromatic nitrogens is 2. The van der Waals surface area contributed by atoms with Gasteiger partial charge in [0.05, 0.1) is 17.0 Å². The van der Waals surface area contributed by atoms with Crippen LogP contribution in [0.5, 0.6) is 0 Å². The fraction of sp³-hybridized carbons (Fsp3) is 0.0370. The van der Waals surface area contributed by atoms with Crippen LogP contribution in [0.1, 0.15) is 11.3 Å². The van der Waals surface area contributed by atoms with Crippen molar-refractivity contribution >= 4 is 11.1 Å². The van der Waals surface area contributed by atoms with E-state index in [2.05, 4.69) is 6.07 Å². The molecule has 0 spiro atoms. The lowest BCUT2D eigenvalue weighted by atomic mass is 10.0. The highest BCUT2D eigenvalue weighted by Gasteiger charge is 2.09. The van der Waals surface area contributed by atoms with E-state index in [1.807, 2.05) is 84.4 Å². The highest BCUT2D eigenvalue weighted by molar-refractivity contribution is 5.77. The lowest BCUT2D eigenvalue weighted by Crippen LogP contribution is -2.12. The van der Waals surface area contributed by atoms with Gasteiger partial charge in [0.15, 0.2) is 0 Å². The Balaban J connectivity index is 1.71. The first-order chi connectivity index (χ1) is 15.6. The maximum atomic E-state index is 9.75. The summed E-state index contributed by atoms with van der Waals surface area (Å²) >= 11 is 0. The number of hydrogen-bond donors (Lipinski definition) is 0. The number of benzene rings is 3. The van der Waals surface area contributed by atoms with E-state index in [1.165, 1.54) is 0 Å². The molecule has 0 radical (unpaired) electrons. The Bertz CT molecular complexity index is 1500. The largest absolute Gasteiger partial charge is 0.237 e. The van der Waals surface area contributed by atoms with Crippen molar-refractivity contribution in [2.45, 2.75) is 6.92 Å². The zero-order chi connectivity index (χ0) is 22.5. The first-order valence-corrected chi connectivity index (χ1v) is 9.92. The Kier molecular flexibility index (Phi) is 5.62. The van der Waals surface area contributed by atoms with Crippen molar-refractivity contribution in [1.29, 1.82) is 15.8 Å². The Morgan fingerprint density at radius 2 is 1.38 bits per heavy atom. The number of nitrogens with zero attached hydrogens (tertiary/aromatic N) is 5. The topological polar surface area (TPSA) is 89.2 Å². The van der Waals surface area contributed by atoms with Gasteiger partial charge in [0.2, 0.25) is 0 Å². The van der Waals surface area contributed by atoms with Gasteiger partial charge < -0.3 is 0 Å². The van der Waals surface area contributed by atoms with Crippen molar-refractivity contribution in [3.63, 3.8) is 0 Å². The second kappa shape index (κ2) is 8.84. The Hall–Kier alpha value is -4.92. The van der Waals surface area contributed by atoms with E-state index in [0.717, 1.165) is 33.4 Å². The molecule has 4 aromatic rings. The summed E-state index contributed by atoms with van der Waals surface area (Å²) in [6.07, 6.45) is 0. The maximum absolute atomic E-state index is 9.75. The van der Waals surface area contributed by atoms with Gasteiger partial charge in [-0.2, -0.15) is 20.9 Å². The third kappa shape index (κ3) is 3.90. The standard InChI is InChI=1S/C27H17N5/c1-19-15-27(23-5-3-2-4-6-23)31-32(19)25-13-11-22(12-14-25)26(18-30)21-9-7-20(8-10-21)24(16-28)17-29/h2-15H,1H3. The summed E-state index contributed by atoms with van der Waals surface area (Å²) in [5.74, 6) is 0.